The summed E-state index contributed by atoms with van der Waals surface area (Å²) in [4.78, 5) is 77.7. The number of carboxylic acid groups (broad SMARTS) is 2. The highest BCUT2D eigenvalue weighted by molar-refractivity contribution is 7.96. The normalized spacial score (nSPS) is 14.4. The van der Waals surface area contributed by atoms with E-state index in [2.05, 4.69) is 58.4 Å². The Morgan fingerprint density at radius 1 is 0.780 bits per heavy atom. The number of nitrogens with one attached hydrogen (secondary N) is 5. The van der Waals surface area contributed by atoms with Crippen molar-refractivity contribution in [3.63, 3.8) is 0 Å². The van der Waals surface area contributed by atoms with E-state index in [0.717, 1.165) is 64.1 Å². The van der Waals surface area contributed by atoms with Gasteiger partial charge < -0.3 is 36.3 Å². The van der Waals surface area contributed by atoms with Crippen LogP contribution in [0.3, 0.4) is 0 Å². The van der Waals surface area contributed by atoms with Crippen LogP contribution < -0.4 is 26.0 Å². The van der Waals surface area contributed by atoms with E-state index in [1.165, 1.54) is 83.5 Å². The Bertz CT molecular complexity index is 1110. The van der Waals surface area contributed by atoms with E-state index in [4.69, 9.17) is 10.2 Å². The molecule has 344 valence electrons. The number of amides is 3. The lowest BCUT2D eigenvalue weighted by atomic mass is 10.0. The van der Waals surface area contributed by atoms with E-state index in [1.54, 1.807) is 7.05 Å². The average Bonchev–Trinajstić information content (AvgIpc) is 3.56. The number of aliphatic carboxylic acids is 2. The molecular weight excluding hydrogens is 797 g/mol. The summed E-state index contributed by atoms with van der Waals surface area (Å²) in [5.74, 6) is -1.63. The van der Waals surface area contributed by atoms with Gasteiger partial charge in [0.15, 0.2) is 0 Å². The van der Waals surface area contributed by atoms with Crippen LogP contribution in [0.5, 0.6) is 0 Å². The smallest absolute Gasteiger partial charge is 0.320 e. The number of carbonyl (C=O) groups is 7. The highest BCUT2D eigenvalue weighted by atomic mass is 32.1. The van der Waals surface area contributed by atoms with Gasteiger partial charge in [0.1, 0.15) is 12.3 Å². The Morgan fingerprint density at radius 3 is 1.83 bits per heavy atom. The molecule has 0 aromatic carbocycles. The van der Waals surface area contributed by atoms with Gasteiger partial charge in [-0.1, -0.05) is 116 Å². The van der Waals surface area contributed by atoms with Gasteiger partial charge in [-0.15, -0.1) is 12.6 Å². The molecule has 1 saturated heterocycles. The highest BCUT2D eigenvalue weighted by Crippen LogP contribution is 2.16. The summed E-state index contributed by atoms with van der Waals surface area (Å²) in [6.45, 7) is 4.56. The molecule has 1 aliphatic heterocycles. The molecule has 0 saturated carbocycles. The molecule has 1 heterocycles. The number of hydrogen-bond acceptors (Lipinski definition) is 11. The van der Waals surface area contributed by atoms with Gasteiger partial charge in [0.25, 0.3) is 0 Å². The number of hydrogen-bond donors (Lipinski definition) is 9. The van der Waals surface area contributed by atoms with Crippen molar-refractivity contribution in [1.29, 1.82) is 0 Å². The summed E-state index contributed by atoms with van der Waals surface area (Å²) in [6.07, 6.45) is 28.1. The summed E-state index contributed by atoms with van der Waals surface area (Å²) in [5, 5.41) is 27.9. The van der Waals surface area contributed by atoms with Crippen molar-refractivity contribution in [2.75, 3.05) is 33.4 Å². The highest BCUT2D eigenvalue weighted by Gasteiger charge is 2.32. The third kappa shape index (κ3) is 38.0. The van der Waals surface area contributed by atoms with Gasteiger partial charge in [-0.3, -0.25) is 38.4 Å². The molecule has 0 aromatic heterocycles. The summed E-state index contributed by atoms with van der Waals surface area (Å²) >= 11 is 7.70. The van der Waals surface area contributed by atoms with Crippen LogP contribution in [-0.4, -0.2) is 108 Å². The number of likely N-dealkylation sites (N-methyl/N-ethyl adjacent to an activating group) is 1. The summed E-state index contributed by atoms with van der Waals surface area (Å²) in [5.41, 5.74) is 0. The van der Waals surface area contributed by atoms with Crippen molar-refractivity contribution in [2.45, 2.75) is 192 Å². The minimum absolute atomic E-state index is 0.0194. The first kappa shape index (κ1) is 58.4. The van der Waals surface area contributed by atoms with Crippen LogP contribution >= 0.6 is 25.4 Å². The largest absolute Gasteiger partial charge is 0.481 e. The van der Waals surface area contributed by atoms with Gasteiger partial charge in [-0.2, -0.15) is 0 Å². The van der Waals surface area contributed by atoms with Gasteiger partial charge in [0.05, 0.1) is 18.8 Å². The van der Waals surface area contributed by atoms with Crippen LogP contribution in [0.15, 0.2) is 0 Å². The molecule has 0 aliphatic carbocycles. The molecule has 0 spiro atoms. The zero-order chi connectivity index (χ0) is 44.4. The number of carbonyl (C=O) groups excluding carboxylic acids is 5. The first-order valence-corrected chi connectivity index (χ1v) is 23.0. The van der Waals surface area contributed by atoms with Crippen molar-refractivity contribution in [3.05, 3.63) is 0 Å². The molecule has 1 rings (SSSR count). The Kier molecular flexibility index (Phi) is 42.9. The third-order valence-electron chi connectivity index (χ3n) is 10.1. The number of nitrogens with zero attached hydrogens (tertiary/aromatic N) is 1. The predicted molar refractivity (Wildman–Crippen MR) is 240 cm³/mol. The molecular formula is C42H80N6O9S2. The summed E-state index contributed by atoms with van der Waals surface area (Å²) in [7, 11) is 1.58. The first-order chi connectivity index (χ1) is 28.5. The molecule has 1 fully saturated rings. The van der Waals surface area contributed by atoms with Crippen LogP contribution in [0, 0.1) is 0 Å². The average molecular weight is 877 g/mol. The quantitative estimate of drug-likeness (QED) is 0.0199. The van der Waals surface area contributed by atoms with Crippen molar-refractivity contribution < 1.29 is 43.8 Å². The molecule has 0 aromatic rings. The number of thiol groups is 2. The second kappa shape index (κ2) is 43.4. The number of unbranched alkanes of at least 4 members (excludes halogenated alkanes) is 18. The fourth-order valence-corrected chi connectivity index (χ4v) is 6.99. The van der Waals surface area contributed by atoms with Crippen LogP contribution in [0.25, 0.3) is 0 Å². The van der Waals surface area contributed by atoms with E-state index in [9.17, 15) is 33.6 Å². The van der Waals surface area contributed by atoms with E-state index >= 15 is 0 Å². The van der Waals surface area contributed by atoms with E-state index in [0.29, 0.717) is 52.0 Å². The number of rotatable bonds is 38. The molecule has 15 nitrogen and oxygen atoms in total. The molecule has 3 amide bonds. The van der Waals surface area contributed by atoms with Gasteiger partial charge in [0, 0.05) is 38.9 Å². The molecule has 17 heteroatoms. The maximum atomic E-state index is 11.8. The van der Waals surface area contributed by atoms with Crippen molar-refractivity contribution in [2.24, 2.45) is 0 Å². The minimum atomic E-state index is -0.914. The molecule has 1 aliphatic rings. The summed E-state index contributed by atoms with van der Waals surface area (Å²) < 4.78 is 2.61. The molecule has 0 bridgehead atoms. The lowest BCUT2D eigenvalue weighted by Crippen LogP contribution is -2.38. The maximum absolute atomic E-state index is 11.8. The number of carboxylic acids is 2. The Balaban J connectivity index is 0. The van der Waals surface area contributed by atoms with Crippen LogP contribution in [0.1, 0.15) is 174 Å². The SMILES string of the molecule is CCCCCCNC(=O)CCC(NC)C(=O)O.O=CCCCCCCCCCCCCCCCCC(=O)O.O=CNCCCCC1C(=O)NCN1CCC(NS)C(=O)S. The van der Waals surface area contributed by atoms with E-state index in [1.807, 2.05) is 4.90 Å². The fraction of sp³-hybridized carbons (Fsp3) is 0.833. The second-order valence-corrected chi connectivity index (χ2v) is 15.8. The lowest BCUT2D eigenvalue weighted by Gasteiger charge is -2.23. The van der Waals surface area contributed by atoms with Crippen molar-refractivity contribution >= 4 is 67.0 Å². The van der Waals surface area contributed by atoms with Crippen LogP contribution in [0.4, 0.5) is 0 Å². The lowest BCUT2D eigenvalue weighted by molar-refractivity contribution is -0.140. The Morgan fingerprint density at radius 2 is 1.34 bits per heavy atom. The van der Waals surface area contributed by atoms with Gasteiger partial charge >= 0.3 is 11.9 Å². The monoisotopic (exact) mass is 877 g/mol. The fourth-order valence-electron chi connectivity index (χ4n) is 6.44. The first-order valence-electron chi connectivity index (χ1n) is 22.1. The van der Waals surface area contributed by atoms with Crippen molar-refractivity contribution in [1.82, 2.24) is 30.9 Å². The topological polar surface area (TPSA) is 223 Å². The van der Waals surface area contributed by atoms with Crippen molar-refractivity contribution in [3.8, 4) is 0 Å². The summed E-state index contributed by atoms with van der Waals surface area (Å²) in [6, 6.07) is -1.23. The van der Waals surface area contributed by atoms with E-state index < -0.39 is 24.0 Å². The molecule has 0 radical (unpaired) electrons. The molecule has 3 atom stereocenters. The third-order valence-corrected chi connectivity index (χ3v) is 10.7. The molecule has 3 unspecified atom stereocenters. The van der Waals surface area contributed by atoms with Crippen LogP contribution in [0.2, 0.25) is 0 Å². The second-order valence-electron chi connectivity index (χ2n) is 15.1. The Hall–Kier alpha value is -2.73. The van der Waals surface area contributed by atoms with Gasteiger partial charge in [0.2, 0.25) is 23.3 Å². The van der Waals surface area contributed by atoms with Gasteiger partial charge in [-0.25, -0.2) is 0 Å². The minimum Gasteiger partial charge on any atom is -0.481 e. The number of aldehydes is 1. The standard InChI is InChI=1S/C18H34O3.C12H22N4O3S2.C12H24N2O3/c19-17-15-13-11-9-7-5-3-1-2-4-6-8-10-12-14-16-18(20)21;17-8-13-5-2-1-3-10-11(18)14-7-16(10)6-4-9(15-21)12(19)20;1-3-4-5-6-9-14-11(15)8-7-10(13-2)12(16)17/h17H,1-16H2,(H,20,21);8-10,15,21H,1-7H2,(H,13,17)(H,14,18)(H,19,20);10,13H,3-9H2,1-2H3,(H,14,15)(H,16,17). The molecule has 59 heavy (non-hydrogen) atoms. The molecule has 7 N–H and O–H groups in total. The zero-order valence-corrected chi connectivity index (χ0v) is 38.0. The van der Waals surface area contributed by atoms with Crippen LogP contribution in [-0.2, 0) is 33.6 Å². The predicted octanol–water partition coefficient (Wildman–Crippen LogP) is 5.96. The zero-order valence-electron chi connectivity index (χ0n) is 36.2. The van der Waals surface area contributed by atoms with Gasteiger partial charge in [-0.05, 0) is 58.4 Å². The Labute approximate surface area is 365 Å². The van der Waals surface area contributed by atoms with E-state index in [-0.39, 0.29) is 29.4 Å². The maximum Gasteiger partial charge on any atom is 0.320 e.